The number of methoxy groups -OCH3 is 1. The zero-order valence-electron chi connectivity index (χ0n) is 16.6. The summed E-state index contributed by atoms with van der Waals surface area (Å²) in [6.45, 7) is 5.78. The molecule has 4 aromatic rings. The lowest BCUT2D eigenvalue weighted by molar-refractivity contribution is 0.101. The Bertz CT molecular complexity index is 1190. The van der Waals surface area contributed by atoms with E-state index in [1.165, 1.54) is 4.80 Å². The minimum absolute atomic E-state index is 0.0291. The van der Waals surface area contributed by atoms with E-state index in [0.717, 1.165) is 16.7 Å². The minimum atomic E-state index is -0.494. The first-order valence-corrected chi connectivity index (χ1v) is 9.11. The number of amides is 1. The van der Waals surface area contributed by atoms with Crippen LogP contribution in [0.2, 0.25) is 0 Å². The van der Waals surface area contributed by atoms with Gasteiger partial charge in [-0.2, -0.15) is 4.80 Å². The number of rotatable bonds is 4. The van der Waals surface area contributed by atoms with Crippen LogP contribution < -0.4 is 10.1 Å². The van der Waals surface area contributed by atoms with Crippen molar-refractivity contribution in [1.82, 2.24) is 29.8 Å². The molecule has 9 nitrogen and oxygen atoms in total. The summed E-state index contributed by atoms with van der Waals surface area (Å²) >= 11 is 0. The average Bonchev–Trinajstić information content (AvgIpc) is 3.33. The number of hydrogen-bond donors (Lipinski definition) is 1. The van der Waals surface area contributed by atoms with Crippen molar-refractivity contribution in [1.29, 1.82) is 0 Å². The Morgan fingerprint density at radius 2 is 1.79 bits per heavy atom. The number of tetrazole rings is 1. The number of aromatic nitrogens is 6. The molecule has 0 bridgehead atoms. The van der Waals surface area contributed by atoms with Gasteiger partial charge >= 0.3 is 0 Å². The van der Waals surface area contributed by atoms with Crippen molar-refractivity contribution in [2.75, 3.05) is 12.4 Å². The Labute approximate surface area is 167 Å². The molecular weight excluding hydrogens is 370 g/mol. The highest BCUT2D eigenvalue weighted by atomic mass is 16.5. The zero-order valence-corrected chi connectivity index (χ0v) is 16.6. The Hall–Kier alpha value is -3.75. The largest absolute Gasteiger partial charge is 0.495 e. The predicted octanol–water partition coefficient (Wildman–Crippen LogP) is 3.03. The molecule has 0 spiro atoms. The number of imidazole rings is 1. The Morgan fingerprint density at radius 1 is 1.07 bits per heavy atom. The number of hydrogen-bond acceptors (Lipinski definition) is 6. The summed E-state index contributed by atoms with van der Waals surface area (Å²) in [5, 5.41) is 14.8. The zero-order chi connectivity index (χ0) is 20.6. The molecule has 1 N–H and O–H groups in total. The summed E-state index contributed by atoms with van der Waals surface area (Å²) in [5.41, 5.74) is 1.94. The first-order chi connectivity index (χ1) is 13.9. The number of para-hydroxylation sites is 4. The molecule has 0 atom stereocenters. The van der Waals surface area contributed by atoms with Gasteiger partial charge in [0.15, 0.2) is 0 Å². The second kappa shape index (κ2) is 7.01. The average molecular weight is 391 g/mol. The summed E-state index contributed by atoms with van der Waals surface area (Å²) in [6, 6.07) is 15.2. The van der Waals surface area contributed by atoms with Gasteiger partial charge in [0.05, 0.1) is 29.4 Å². The summed E-state index contributed by atoms with van der Waals surface area (Å²) in [6.07, 6.45) is 0. The number of nitrogens with zero attached hydrogens (tertiary/aromatic N) is 6. The van der Waals surface area contributed by atoms with E-state index in [9.17, 15) is 4.79 Å². The van der Waals surface area contributed by atoms with Gasteiger partial charge in [-0.05, 0) is 50.3 Å². The molecule has 0 unspecified atom stereocenters. The molecular formula is C20H21N7O2. The van der Waals surface area contributed by atoms with E-state index in [2.05, 4.69) is 25.7 Å². The summed E-state index contributed by atoms with van der Waals surface area (Å²) in [7, 11) is 1.60. The van der Waals surface area contributed by atoms with E-state index >= 15 is 0 Å². The predicted molar refractivity (Wildman–Crippen MR) is 108 cm³/mol. The molecule has 1 amide bonds. The third-order valence-corrected chi connectivity index (χ3v) is 4.33. The molecule has 4 rings (SSSR count). The Kier molecular flexibility index (Phi) is 4.50. The molecule has 0 aliphatic carbocycles. The fourth-order valence-corrected chi connectivity index (χ4v) is 2.92. The number of carbonyl (C=O) groups excluding carboxylic acids is 1. The molecule has 2 heterocycles. The smallest absolute Gasteiger partial charge is 0.299 e. The van der Waals surface area contributed by atoms with Crippen LogP contribution in [-0.2, 0) is 5.54 Å². The lowest BCUT2D eigenvalue weighted by Gasteiger charge is -2.15. The van der Waals surface area contributed by atoms with Crippen molar-refractivity contribution in [2.45, 2.75) is 26.3 Å². The van der Waals surface area contributed by atoms with Gasteiger partial charge in [-0.1, -0.05) is 24.3 Å². The normalized spacial score (nSPS) is 11.6. The lowest BCUT2D eigenvalue weighted by Crippen LogP contribution is -2.25. The van der Waals surface area contributed by atoms with Crippen LogP contribution in [0.15, 0.2) is 48.5 Å². The van der Waals surface area contributed by atoms with E-state index in [0.29, 0.717) is 11.7 Å². The van der Waals surface area contributed by atoms with Gasteiger partial charge < -0.3 is 4.74 Å². The quantitative estimate of drug-likeness (QED) is 0.574. The molecule has 0 fully saturated rings. The maximum atomic E-state index is 12.8. The molecule has 29 heavy (non-hydrogen) atoms. The highest BCUT2D eigenvalue weighted by molar-refractivity contribution is 6.01. The van der Waals surface area contributed by atoms with Gasteiger partial charge in [0.25, 0.3) is 11.7 Å². The van der Waals surface area contributed by atoms with Gasteiger partial charge in [0, 0.05) is 0 Å². The van der Waals surface area contributed by atoms with Crippen molar-refractivity contribution in [2.24, 2.45) is 0 Å². The van der Waals surface area contributed by atoms with Gasteiger partial charge in [-0.3, -0.25) is 14.7 Å². The topological polar surface area (TPSA) is 99.8 Å². The van der Waals surface area contributed by atoms with E-state index in [4.69, 9.17) is 4.74 Å². The van der Waals surface area contributed by atoms with Crippen LogP contribution in [0.25, 0.3) is 16.7 Å². The molecule has 0 saturated carbocycles. The van der Waals surface area contributed by atoms with Crippen LogP contribution >= 0.6 is 0 Å². The van der Waals surface area contributed by atoms with Crippen molar-refractivity contribution in [3.63, 3.8) is 0 Å². The first kappa shape index (κ1) is 18.6. The number of nitrogens with one attached hydrogen (secondary N) is 1. The van der Waals surface area contributed by atoms with E-state index in [-0.39, 0.29) is 11.4 Å². The molecule has 9 heteroatoms. The van der Waals surface area contributed by atoms with E-state index in [1.807, 2.05) is 73.9 Å². The maximum Gasteiger partial charge on any atom is 0.299 e. The van der Waals surface area contributed by atoms with Crippen molar-refractivity contribution in [3.05, 3.63) is 54.4 Å². The number of carbonyl (C=O) groups is 1. The van der Waals surface area contributed by atoms with Crippen LogP contribution in [0.5, 0.6) is 5.75 Å². The van der Waals surface area contributed by atoms with E-state index in [1.54, 1.807) is 7.11 Å². The highest BCUT2D eigenvalue weighted by Gasteiger charge is 2.23. The number of anilines is 1. The van der Waals surface area contributed by atoms with Crippen LogP contribution in [0.3, 0.4) is 0 Å². The first-order valence-electron chi connectivity index (χ1n) is 9.11. The molecule has 2 aromatic heterocycles. The number of ether oxygens (including phenoxy) is 1. The van der Waals surface area contributed by atoms with Crippen molar-refractivity contribution < 1.29 is 9.53 Å². The third kappa shape index (κ3) is 3.42. The number of benzene rings is 2. The van der Waals surface area contributed by atoms with Crippen LogP contribution in [0.4, 0.5) is 5.95 Å². The Morgan fingerprint density at radius 3 is 2.52 bits per heavy atom. The van der Waals surface area contributed by atoms with Gasteiger partial charge in [0.1, 0.15) is 5.75 Å². The summed E-state index contributed by atoms with van der Waals surface area (Å²) in [5.74, 6) is 0.473. The Balaban J connectivity index is 1.78. The lowest BCUT2D eigenvalue weighted by atomic mass is 10.1. The van der Waals surface area contributed by atoms with Crippen LogP contribution in [0, 0.1) is 0 Å². The minimum Gasteiger partial charge on any atom is -0.495 e. The molecule has 0 aliphatic rings. The van der Waals surface area contributed by atoms with Gasteiger partial charge in [-0.25, -0.2) is 4.98 Å². The second-order valence-electron chi connectivity index (χ2n) is 7.46. The SMILES string of the molecule is COc1ccccc1-n1c(NC(=O)c2nnn(C(C)(C)C)n2)nc2ccccc21. The fraction of sp³-hybridized carbons (Fsp3) is 0.250. The van der Waals surface area contributed by atoms with Gasteiger partial charge in [-0.15, -0.1) is 10.2 Å². The number of fused-ring (bicyclic) bond motifs is 1. The monoisotopic (exact) mass is 391 g/mol. The highest BCUT2D eigenvalue weighted by Crippen LogP contribution is 2.30. The fourth-order valence-electron chi connectivity index (χ4n) is 2.92. The molecule has 2 aromatic carbocycles. The van der Waals surface area contributed by atoms with Crippen molar-refractivity contribution >= 4 is 22.9 Å². The van der Waals surface area contributed by atoms with Crippen LogP contribution in [-0.4, -0.2) is 42.8 Å². The van der Waals surface area contributed by atoms with Crippen LogP contribution in [0.1, 0.15) is 31.4 Å². The molecule has 0 radical (unpaired) electrons. The molecule has 0 saturated heterocycles. The maximum absolute atomic E-state index is 12.8. The molecule has 0 aliphatic heterocycles. The van der Waals surface area contributed by atoms with E-state index < -0.39 is 5.91 Å². The van der Waals surface area contributed by atoms with Crippen molar-refractivity contribution in [3.8, 4) is 11.4 Å². The summed E-state index contributed by atoms with van der Waals surface area (Å²) < 4.78 is 7.34. The standard InChI is InChI=1S/C20H21N7O2/c1-20(2,3)27-24-17(23-25-27)18(28)22-19-21-13-9-5-6-10-14(13)26(19)15-11-7-8-12-16(15)29-4/h5-12H,1-4H3,(H,21,22,28). The second-order valence-corrected chi connectivity index (χ2v) is 7.46. The summed E-state index contributed by atoms with van der Waals surface area (Å²) in [4.78, 5) is 18.8. The van der Waals surface area contributed by atoms with Gasteiger partial charge in [0.2, 0.25) is 5.95 Å². The molecule has 148 valence electrons. The third-order valence-electron chi connectivity index (χ3n) is 4.33.